The molecule has 8 nitrogen and oxygen atoms in total. The molecule has 0 radical (unpaired) electrons. The molecule has 1 N–H and O–H groups in total. The van der Waals surface area contributed by atoms with Gasteiger partial charge in [0.25, 0.3) is 5.91 Å². The van der Waals surface area contributed by atoms with Crippen molar-refractivity contribution in [2.45, 2.75) is 6.61 Å². The lowest BCUT2D eigenvalue weighted by atomic mass is 10.2. The first kappa shape index (κ1) is 21.7. The second kappa shape index (κ2) is 10.1. The number of anilines is 1. The van der Waals surface area contributed by atoms with E-state index in [0.717, 1.165) is 6.07 Å². The number of esters is 1. The van der Waals surface area contributed by atoms with Crippen molar-refractivity contribution in [3.8, 4) is 23.0 Å². The highest BCUT2D eigenvalue weighted by Gasteiger charge is 2.17. The molecule has 156 valence electrons. The maximum Gasteiger partial charge on any atom is 0.387 e. The molecule has 0 bridgehead atoms. The molecule has 0 aliphatic rings. The Labute approximate surface area is 165 Å². The summed E-state index contributed by atoms with van der Waals surface area (Å²) in [4.78, 5) is 24.2. The molecule has 0 saturated carbocycles. The van der Waals surface area contributed by atoms with Crippen LogP contribution in [0.1, 0.15) is 10.4 Å². The van der Waals surface area contributed by atoms with Crippen LogP contribution in [-0.4, -0.2) is 46.4 Å². The van der Waals surface area contributed by atoms with Crippen molar-refractivity contribution in [1.29, 1.82) is 0 Å². The Kier molecular flexibility index (Phi) is 7.58. The van der Waals surface area contributed by atoms with Crippen LogP contribution in [0.3, 0.4) is 0 Å². The number of ether oxygens (including phenoxy) is 5. The van der Waals surface area contributed by atoms with Crippen LogP contribution >= 0.6 is 0 Å². The zero-order valence-electron chi connectivity index (χ0n) is 15.9. The Balaban J connectivity index is 2.01. The zero-order valence-corrected chi connectivity index (χ0v) is 15.9. The summed E-state index contributed by atoms with van der Waals surface area (Å²) in [6.45, 7) is -3.63. The normalized spacial score (nSPS) is 10.3. The molecule has 29 heavy (non-hydrogen) atoms. The van der Waals surface area contributed by atoms with Gasteiger partial charge in [-0.1, -0.05) is 0 Å². The fraction of sp³-hybridized carbons (Fsp3) is 0.263. The summed E-state index contributed by atoms with van der Waals surface area (Å²) in [6, 6.07) is 8.33. The van der Waals surface area contributed by atoms with E-state index in [1.165, 1.54) is 33.5 Å². The van der Waals surface area contributed by atoms with Crippen LogP contribution in [0.4, 0.5) is 14.5 Å². The fourth-order valence-electron chi connectivity index (χ4n) is 2.30. The predicted molar refractivity (Wildman–Crippen MR) is 98.1 cm³/mol. The number of nitrogens with one attached hydrogen (secondary N) is 1. The number of benzene rings is 2. The Morgan fingerprint density at radius 1 is 0.931 bits per heavy atom. The largest absolute Gasteiger partial charge is 0.497 e. The second-order valence-corrected chi connectivity index (χ2v) is 5.43. The van der Waals surface area contributed by atoms with E-state index in [1.54, 1.807) is 18.2 Å². The molecule has 2 aromatic rings. The average Bonchev–Trinajstić information content (AvgIpc) is 2.71. The summed E-state index contributed by atoms with van der Waals surface area (Å²) in [5.74, 6) is -0.887. The number of hydrogen-bond acceptors (Lipinski definition) is 7. The summed E-state index contributed by atoms with van der Waals surface area (Å²) < 4.78 is 49.1. The number of carbonyl (C=O) groups is 2. The van der Waals surface area contributed by atoms with E-state index in [9.17, 15) is 18.4 Å². The van der Waals surface area contributed by atoms with Crippen LogP contribution < -0.4 is 24.3 Å². The monoisotopic (exact) mass is 411 g/mol. The minimum atomic E-state index is -3.04. The highest BCUT2D eigenvalue weighted by atomic mass is 19.3. The smallest absolute Gasteiger partial charge is 0.387 e. The van der Waals surface area contributed by atoms with Crippen molar-refractivity contribution < 1.29 is 42.1 Å². The minimum absolute atomic E-state index is 0.00442. The van der Waals surface area contributed by atoms with Gasteiger partial charge in [0.05, 0.1) is 32.6 Å². The molecular weight excluding hydrogens is 392 g/mol. The van der Waals surface area contributed by atoms with Gasteiger partial charge in [0, 0.05) is 6.07 Å². The van der Waals surface area contributed by atoms with Crippen LogP contribution in [0, 0.1) is 0 Å². The Morgan fingerprint density at radius 2 is 1.62 bits per heavy atom. The number of hydrogen-bond donors (Lipinski definition) is 1. The molecule has 0 aliphatic carbocycles. The molecule has 0 unspecified atom stereocenters. The average molecular weight is 411 g/mol. The number of rotatable bonds is 9. The number of halogens is 2. The van der Waals surface area contributed by atoms with Crippen LogP contribution in [-0.2, 0) is 9.53 Å². The SMILES string of the molecule is COc1ccc(OC)c(NC(=O)COC(=O)c2ccc(OC(F)F)c(OC)c2)c1. The summed E-state index contributed by atoms with van der Waals surface area (Å²) in [7, 11) is 4.14. The quantitative estimate of drug-likeness (QED) is 0.634. The first-order valence-electron chi connectivity index (χ1n) is 8.19. The van der Waals surface area contributed by atoms with Crippen LogP contribution in [0.5, 0.6) is 23.0 Å². The molecule has 2 rings (SSSR count). The summed E-state index contributed by atoms with van der Waals surface area (Å²) >= 11 is 0. The lowest BCUT2D eigenvalue weighted by Gasteiger charge is -2.13. The third-order valence-corrected chi connectivity index (χ3v) is 3.63. The number of methoxy groups -OCH3 is 3. The zero-order chi connectivity index (χ0) is 21.4. The van der Waals surface area contributed by atoms with Gasteiger partial charge in [-0.3, -0.25) is 4.79 Å². The highest BCUT2D eigenvalue weighted by Crippen LogP contribution is 2.30. The fourth-order valence-corrected chi connectivity index (χ4v) is 2.30. The Bertz CT molecular complexity index is 874. The molecule has 0 atom stereocenters. The summed E-state index contributed by atoms with van der Waals surface area (Å²) in [6.07, 6.45) is 0. The second-order valence-electron chi connectivity index (χ2n) is 5.43. The molecule has 0 aromatic heterocycles. The third-order valence-electron chi connectivity index (χ3n) is 3.63. The van der Waals surface area contributed by atoms with Gasteiger partial charge in [0.1, 0.15) is 11.5 Å². The lowest BCUT2D eigenvalue weighted by Crippen LogP contribution is -2.21. The van der Waals surface area contributed by atoms with Gasteiger partial charge < -0.3 is 29.0 Å². The minimum Gasteiger partial charge on any atom is -0.497 e. The Hall–Kier alpha value is -3.56. The van der Waals surface area contributed by atoms with Gasteiger partial charge in [-0.25, -0.2) is 4.79 Å². The van der Waals surface area contributed by atoms with E-state index >= 15 is 0 Å². The van der Waals surface area contributed by atoms with Gasteiger partial charge in [-0.05, 0) is 30.3 Å². The van der Waals surface area contributed by atoms with Gasteiger partial charge in [0.15, 0.2) is 18.1 Å². The number of amides is 1. The van der Waals surface area contributed by atoms with E-state index in [4.69, 9.17) is 18.9 Å². The van der Waals surface area contributed by atoms with E-state index in [0.29, 0.717) is 17.2 Å². The molecule has 2 aromatic carbocycles. The van der Waals surface area contributed by atoms with Gasteiger partial charge >= 0.3 is 12.6 Å². The molecule has 1 amide bonds. The lowest BCUT2D eigenvalue weighted by molar-refractivity contribution is -0.119. The highest BCUT2D eigenvalue weighted by molar-refractivity contribution is 5.96. The van der Waals surface area contributed by atoms with Crippen molar-refractivity contribution in [3.63, 3.8) is 0 Å². The predicted octanol–water partition coefficient (Wildman–Crippen LogP) is 3.11. The van der Waals surface area contributed by atoms with Crippen molar-refractivity contribution in [2.75, 3.05) is 33.3 Å². The van der Waals surface area contributed by atoms with Crippen molar-refractivity contribution in [1.82, 2.24) is 0 Å². The van der Waals surface area contributed by atoms with Crippen LogP contribution in [0.15, 0.2) is 36.4 Å². The van der Waals surface area contributed by atoms with Crippen molar-refractivity contribution >= 4 is 17.6 Å². The maximum absolute atomic E-state index is 12.4. The first-order valence-corrected chi connectivity index (χ1v) is 8.19. The third kappa shape index (κ3) is 5.96. The standard InChI is InChI=1S/C19H19F2NO7/c1-25-12-5-7-14(26-2)13(9-12)22-17(23)10-28-18(24)11-4-6-15(29-19(20)21)16(8-11)27-3/h4-9,19H,10H2,1-3H3,(H,22,23). The van der Waals surface area contributed by atoms with E-state index in [2.05, 4.69) is 10.1 Å². The molecular formula is C19H19F2NO7. The summed E-state index contributed by atoms with van der Waals surface area (Å²) in [5, 5.41) is 2.55. The number of carbonyl (C=O) groups excluding carboxylic acids is 2. The molecule has 10 heteroatoms. The first-order chi connectivity index (χ1) is 13.9. The molecule has 0 heterocycles. The van der Waals surface area contributed by atoms with Crippen LogP contribution in [0.2, 0.25) is 0 Å². The van der Waals surface area contributed by atoms with Gasteiger partial charge in [0.2, 0.25) is 0 Å². The topological polar surface area (TPSA) is 92.3 Å². The van der Waals surface area contributed by atoms with Gasteiger partial charge in [-0.2, -0.15) is 8.78 Å². The summed E-state index contributed by atoms with van der Waals surface area (Å²) in [5.41, 5.74) is 0.332. The Morgan fingerprint density at radius 3 is 2.24 bits per heavy atom. The number of alkyl halides is 2. The van der Waals surface area contributed by atoms with Crippen molar-refractivity contribution in [2.24, 2.45) is 0 Å². The molecule has 0 fully saturated rings. The molecule has 0 saturated heterocycles. The van der Waals surface area contributed by atoms with Gasteiger partial charge in [-0.15, -0.1) is 0 Å². The van der Waals surface area contributed by atoms with Crippen LogP contribution in [0.25, 0.3) is 0 Å². The van der Waals surface area contributed by atoms with E-state index in [1.807, 2.05) is 0 Å². The molecule has 0 aliphatic heterocycles. The molecule has 0 spiro atoms. The van der Waals surface area contributed by atoms with E-state index in [-0.39, 0.29) is 17.1 Å². The van der Waals surface area contributed by atoms with Crippen molar-refractivity contribution in [3.05, 3.63) is 42.0 Å². The van der Waals surface area contributed by atoms with E-state index < -0.39 is 25.1 Å². The maximum atomic E-state index is 12.4.